The van der Waals surface area contributed by atoms with E-state index in [1.165, 1.54) is 25.1 Å². The van der Waals surface area contributed by atoms with Gasteiger partial charge in [0.1, 0.15) is 5.75 Å². The first-order valence-corrected chi connectivity index (χ1v) is 7.48. The van der Waals surface area contributed by atoms with Gasteiger partial charge in [0.05, 0.1) is 0 Å². The third kappa shape index (κ3) is 3.25. The maximum atomic E-state index is 12.6. The summed E-state index contributed by atoms with van der Waals surface area (Å²) in [6, 6.07) is 11.1. The van der Waals surface area contributed by atoms with Crippen LogP contribution in [0.4, 0.5) is 0 Å². The van der Waals surface area contributed by atoms with E-state index in [0.717, 1.165) is 0 Å². The normalized spacial score (nSPS) is 12.0. The fourth-order valence-corrected chi connectivity index (χ4v) is 2.51. The highest BCUT2D eigenvalue weighted by Crippen LogP contribution is 2.29. The van der Waals surface area contributed by atoms with Crippen molar-refractivity contribution in [1.29, 1.82) is 0 Å². The number of hydrogen-bond acceptors (Lipinski definition) is 5. The Hall–Kier alpha value is -3.48. The number of carbonyl (C=O) groups excluding carboxylic acids is 4. The van der Waals surface area contributed by atoms with Crippen LogP contribution in [0.15, 0.2) is 42.5 Å². The number of hydrazine groups is 1. The van der Waals surface area contributed by atoms with Crippen molar-refractivity contribution < 1.29 is 23.9 Å². The van der Waals surface area contributed by atoms with Gasteiger partial charge in [0.15, 0.2) is 18.2 Å². The van der Waals surface area contributed by atoms with Crippen molar-refractivity contribution >= 4 is 23.4 Å². The van der Waals surface area contributed by atoms with Gasteiger partial charge in [-0.2, -0.15) is 0 Å². The van der Waals surface area contributed by atoms with Gasteiger partial charge >= 0.3 is 0 Å². The van der Waals surface area contributed by atoms with E-state index in [1.807, 2.05) is 0 Å². The summed E-state index contributed by atoms with van der Waals surface area (Å²) in [6.07, 6.45) is 0. The number of nitrogens with one attached hydrogen (secondary N) is 2. The Morgan fingerprint density at radius 2 is 1.48 bits per heavy atom. The summed E-state index contributed by atoms with van der Waals surface area (Å²) in [6.45, 7) is 0.906. The standard InChI is InChI=1S/C18H14N2O5/c1-10(21)19-20-16(22)9-25-11-6-7-14-15(8-11)18(24)13-5-3-2-4-12(13)17(14)23/h2-8H,9H2,1H3,(H,19,21)(H,20,22). The first-order valence-electron chi connectivity index (χ1n) is 7.48. The fourth-order valence-electron chi connectivity index (χ4n) is 2.51. The minimum absolute atomic E-state index is 0.222. The van der Waals surface area contributed by atoms with Gasteiger partial charge in [-0.1, -0.05) is 24.3 Å². The lowest BCUT2D eigenvalue weighted by Gasteiger charge is -2.18. The Labute approximate surface area is 143 Å². The first-order chi connectivity index (χ1) is 12.0. The SMILES string of the molecule is CC(=O)NNC(=O)COc1ccc2c(c1)C(=O)c1ccccc1C2=O. The van der Waals surface area contributed by atoms with E-state index in [2.05, 4.69) is 10.9 Å². The van der Waals surface area contributed by atoms with Crippen molar-refractivity contribution in [3.8, 4) is 5.75 Å². The molecule has 3 rings (SSSR count). The predicted molar refractivity (Wildman–Crippen MR) is 87.2 cm³/mol. The third-order valence-electron chi connectivity index (χ3n) is 3.64. The topological polar surface area (TPSA) is 102 Å². The fraction of sp³-hybridized carbons (Fsp3) is 0.111. The Bertz CT molecular complexity index is 904. The Morgan fingerprint density at radius 3 is 2.12 bits per heavy atom. The van der Waals surface area contributed by atoms with Gasteiger partial charge in [0.25, 0.3) is 5.91 Å². The highest BCUT2D eigenvalue weighted by atomic mass is 16.5. The number of ether oxygens (including phenoxy) is 1. The van der Waals surface area contributed by atoms with Crippen LogP contribution in [0.3, 0.4) is 0 Å². The van der Waals surface area contributed by atoms with Crippen molar-refractivity contribution in [2.75, 3.05) is 6.61 Å². The molecule has 0 fully saturated rings. The number of carbonyl (C=O) groups is 4. The number of fused-ring (bicyclic) bond motifs is 2. The summed E-state index contributed by atoms with van der Waals surface area (Å²) in [4.78, 5) is 47.3. The Balaban J connectivity index is 1.78. The molecule has 0 heterocycles. The molecule has 7 heteroatoms. The molecule has 0 spiro atoms. The molecule has 0 atom stereocenters. The summed E-state index contributed by atoms with van der Waals surface area (Å²) in [5.41, 5.74) is 5.57. The average molecular weight is 338 g/mol. The van der Waals surface area contributed by atoms with Gasteiger partial charge in [-0.25, -0.2) is 0 Å². The van der Waals surface area contributed by atoms with Crippen molar-refractivity contribution in [3.05, 3.63) is 64.7 Å². The maximum absolute atomic E-state index is 12.6. The molecule has 0 radical (unpaired) electrons. The van der Waals surface area contributed by atoms with Crippen molar-refractivity contribution in [3.63, 3.8) is 0 Å². The smallest absolute Gasteiger partial charge is 0.276 e. The molecule has 0 unspecified atom stereocenters. The van der Waals surface area contributed by atoms with Crippen LogP contribution in [-0.2, 0) is 9.59 Å². The molecule has 0 saturated carbocycles. The largest absolute Gasteiger partial charge is 0.484 e. The highest BCUT2D eigenvalue weighted by molar-refractivity contribution is 6.28. The molecule has 2 aromatic carbocycles. The lowest BCUT2D eigenvalue weighted by atomic mass is 9.84. The van der Waals surface area contributed by atoms with Crippen LogP contribution in [0, 0.1) is 0 Å². The van der Waals surface area contributed by atoms with Crippen LogP contribution >= 0.6 is 0 Å². The summed E-state index contributed by atoms with van der Waals surface area (Å²) < 4.78 is 5.31. The molecule has 2 aromatic rings. The minimum Gasteiger partial charge on any atom is -0.484 e. The van der Waals surface area contributed by atoms with Gasteiger partial charge in [0.2, 0.25) is 5.91 Å². The molecule has 2 N–H and O–H groups in total. The van der Waals surface area contributed by atoms with Crippen molar-refractivity contribution in [1.82, 2.24) is 10.9 Å². The zero-order valence-corrected chi connectivity index (χ0v) is 13.3. The van der Waals surface area contributed by atoms with E-state index in [0.29, 0.717) is 16.7 Å². The van der Waals surface area contributed by atoms with Crippen LogP contribution in [0.1, 0.15) is 38.8 Å². The molecule has 2 amide bonds. The molecule has 0 saturated heterocycles. The predicted octanol–water partition coefficient (Wildman–Crippen LogP) is 1.01. The second kappa shape index (κ2) is 6.56. The lowest BCUT2D eigenvalue weighted by Crippen LogP contribution is -2.42. The van der Waals surface area contributed by atoms with E-state index in [9.17, 15) is 19.2 Å². The molecular weight excluding hydrogens is 324 g/mol. The molecule has 1 aliphatic carbocycles. The van der Waals surface area contributed by atoms with Gasteiger partial charge in [-0.05, 0) is 18.2 Å². The number of benzene rings is 2. The molecular formula is C18H14N2O5. The lowest BCUT2D eigenvalue weighted by molar-refractivity contribution is -0.129. The van der Waals surface area contributed by atoms with Crippen molar-refractivity contribution in [2.24, 2.45) is 0 Å². The molecule has 0 aliphatic heterocycles. The number of ketones is 2. The first kappa shape index (κ1) is 16.4. The summed E-state index contributed by atoms with van der Waals surface area (Å²) in [5, 5.41) is 0. The molecule has 126 valence electrons. The quantitative estimate of drug-likeness (QED) is 0.694. The van der Waals surface area contributed by atoms with Gasteiger partial charge in [-0.15, -0.1) is 0 Å². The highest BCUT2D eigenvalue weighted by Gasteiger charge is 2.29. The molecule has 25 heavy (non-hydrogen) atoms. The minimum atomic E-state index is -0.555. The molecule has 0 bridgehead atoms. The molecule has 1 aliphatic rings. The van der Waals surface area contributed by atoms with E-state index in [1.54, 1.807) is 24.3 Å². The van der Waals surface area contributed by atoms with Crippen LogP contribution in [0.5, 0.6) is 5.75 Å². The van der Waals surface area contributed by atoms with E-state index < -0.39 is 11.8 Å². The van der Waals surface area contributed by atoms with Crippen molar-refractivity contribution in [2.45, 2.75) is 6.92 Å². The van der Waals surface area contributed by atoms with Crippen LogP contribution in [-0.4, -0.2) is 30.0 Å². The summed E-state index contributed by atoms with van der Waals surface area (Å²) in [5.74, 6) is -1.18. The van der Waals surface area contributed by atoms with Gasteiger partial charge in [-0.3, -0.25) is 30.0 Å². The van der Waals surface area contributed by atoms with Gasteiger partial charge in [0, 0.05) is 29.2 Å². The van der Waals surface area contributed by atoms with E-state index >= 15 is 0 Å². The van der Waals surface area contributed by atoms with Crippen LogP contribution in [0.25, 0.3) is 0 Å². The van der Waals surface area contributed by atoms with Gasteiger partial charge < -0.3 is 4.74 Å². The van der Waals surface area contributed by atoms with E-state index in [-0.39, 0.29) is 29.5 Å². The number of hydrogen-bond donors (Lipinski definition) is 2. The third-order valence-corrected chi connectivity index (χ3v) is 3.64. The number of rotatable bonds is 3. The summed E-state index contributed by atoms with van der Waals surface area (Å²) >= 11 is 0. The molecule has 0 aromatic heterocycles. The van der Waals surface area contributed by atoms with Crippen LogP contribution < -0.4 is 15.6 Å². The molecule has 7 nitrogen and oxygen atoms in total. The van der Waals surface area contributed by atoms with E-state index in [4.69, 9.17) is 4.74 Å². The monoisotopic (exact) mass is 338 g/mol. The van der Waals surface area contributed by atoms with Crippen LogP contribution in [0.2, 0.25) is 0 Å². The second-order valence-corrected chi connectivity index (χ2v) is 5.43. The Morgan fingerprint density at radius 1 is 0.880 bits per heavy atom. The number of amides is 2. The average Bonchev–Trinajstić information content (AvgIpc) is 2.62. The maximum Gasteiger partial charge on any atom is 0.276 e. The zero-order valence-electron chi connectivity index (χ0n) is 13.3. The summed E-state index contributed by atoms with van der Waals surface area (Å²) in [7, 11) is 0. The Kier molecular flexibility index (Phi) is 4.30. The zero-order chi connectivity index (χ0) is 18.0. The second-order valence-electron chi connectivity index (χ2n) is 5.43.